The lowest BCUT2D eigenvalue weighted by Crippen LogP contribution is -2.48. The summed E-state index contributed by atoms with van der Waals surface area (Å²) in [6, 6.07) is 12.5. The van der Waals surface area contributed by atoms with Crippen LogP contribution in [0.3, 0.4) is 0 Å². The lowest BCUT2D eigenvalue weighted by atomic mass is 9.95. The van der Waals surface area contributed by atoms with Crippen LogP contribution in [-0.4, -0.2) is 66.2 Å². The van der Waals surface area contributed by atoms with Crippen molar-refractivity contribution in [3.05, 3.63) is 70.5 Å². The fourth-order valence-electron chi connectivity index (χ4n) is 4.19. The molecule has 0 saturated carbocycles. The number of piperazine rings is 1. The summed E-state index contributed by atoms with van der Waals surface area (Å²) in [7, 11) is 2.10. The van der Waals surface area contributed by atoms with E-state index in [-0.39, 0.29) is 17.8 Å². The van der Waals surface area contributed by atoms with Crippen LogP contribution in [0.5, 0.6) is 0 Å². The molecule has 1 saturated heterocycles. The molecule has 158 valence electrons. The highest BCUT2D eigenvalue weighted by molar-refractivity contribution is 6.04. The lowest BCUT2D eigenvalue weighted by molar-refractivity contribution is -0.134. The van der Waals surface area contributed by atoms with Gasteiger partial charge in [0.25, 0.3) is 5.91 Å². The zero-order valence-corrected chi connectivity index (χ0v) is 17.9. The average molecular weight is 409 g/mol. The second-order valence-corrected chi connectivity index (χ2v) is 8.46. The molecule has 0 aromatic heterocycles. The van der Waals surface area contributed by atoms with Gasteiger partial charge in [-0.05, 0) is 50.2 Å². The third kappa shape index (κ3) is 4.45. The monoisotopic (exact) mass is 408 g/mol. The van der Waals surface area contributed by atoms with Crippen LogP contribution in [0.2, 0.25) is 0 Å². The number of nitrogens with zero attached hydrogens (tertiary/aromatic N) is 4. The largest absolute Gasteiger partial charge is 0.304 e. The summed E-state index contributed by atoms with van der Waals surface area (Å²) in [4.78, 5) is 17.7. The summed E-state index contributed by atoms with van der Waals surface area (Å²) in [5.74, 6) is -0.326. The molecule has 2 aliphatic rings. The molecule has 2 aliphatic heterocycles. The van der Waals surface area contributed by atoms with Crippen LogP contribution in [0, 0.1) is 19.7 Å². The predicted molar refractivity (Wildman–Crippen MR) is 117 cm³/mol. The van der Waals surface area contributed by atoms with Gasteiger partial charge < -0.3 is 4.90 Å². The van der Waals surface area contributed by atoms with Gasteiger partial charge in [-0.15, -0.1) is 0 Å². The minimum Gasteiger partial charge on any atom is -0.304 e. The molecular weight excluding hydrogens is 379 g/mol. The summed E-state index contributed by atoms with van der Waals surface area (Å²) in [6.45, 7) is 8.10. The van der Waals surface area contributed by atoms with Crippen LogP contribution in [0.4, 0.5) is 4.39 Å². The number of hydrogen-bond acceptors (Lipinski definition) is 4. The summed E-state index contributed by atoms with van der Waals surface area (Å²) in [5, 5.41) is 6.36. The van der Waals surface area contributed by atoms with E-state index < -0.39 is 0 Å². The van der Waals surface area contributed by atoms with Gasteiger partial charge in [0.2, 0.25) is 0 Å². The maximum atomic E-state index is 13.9. The third-order valence-corrected chi connectivity index (χ3v) is 6.06. The summed E-state index contributed by atoms with van der Waals surface area (Å²) in [5.41, 5.74) is 5.02. The zero-order chi connectivity index (χ0) is 21.3. The van der Waals surface area contributed by atoms with E-state index in [9.17, 15) is 9.18 Å². The number of hydrazone groups is 1. The predicted octanol–water partition coefficient (Wildman–Crippen LogP) is 3.37. The molecule has 2 heterocycles. The number of amides is 1. The van der Waals surface area contributed by atoms with Crippen molar-refractivity contribution in [1.82, 2.24) is 14.8 Å². The Hall–Kier alpha value is -2.57. The van der Waals surface area contributed by atoms with E-state index in [0.717, 1.165) is 54.1 Å². The van der Waals surface area contributed by atoms with E-state index in [2.05, 4.69) is 48.9 Å². The highest BCUT2D eigenvalue weighted by Crippen LogP contribution is 2.34. The van der Waals surface area contributed by atoms with Crippen molar-refractivity contribution in [3.63, 3.8) is 0 Å². The third-order valence-electron chi connectivity index (χ3n) is 6.06. The van der Waals surface area contributed by atoms with E-state index in [4.69, 9.17) is 5.10 Å². The normalized spacial score (nSPS) is 20.5. The second-order valence-electron chi connectivity index (χ2n) is 8.46. The molecule has 1 fully saturated rings. The molecule has 5 nitrogen and oxygen atoms in total. The van der Waals surface area contributed by atoms with E-state index in [1.165, 1.54) is 12.1 Å². The van der Waals surface area contributed by atoms with Gasteiger partial charge in [-0.25, -0.2) is 9.40 Å². The van der Waals surface area contributed by atoms with Gasteiger partial charge in [-0.3, -0.25) is 9.69 Å². The van der Waals surface area contributed by atoms with E-state index >= 15 is 0 Å². The SMILES string of the molecule is Cc1ccc(C)c(C2=NN(C(=O)CN3CCN(C)CC3)[C@@H](c3cccc(F)c3)C2)c1. The number of hydrogen-bond donors (Lipinski definition) is 0. The highest BCUT2D eigenvalue weighted by atomic mass is 19.1. The molecule has 0 spiro atoms. The first-order valence-electron chi connectivity index (χ1n) is 10.5. The Kier molecular flexibility index (Phi) is 5.97. The first kappa shape index (κ1) is 20.7. The van der Waals surface area contributed by atoms with E-state index in [1.807, 2.05) is 6.07 Å². The topological polar surface area (TPSA) is 39.2 Å². The first-order chi connectivity index (χ1) is 14.4. The van der Waals surface area contributed by atoms with Gasteiger partial charge in [-0.1, -0.05) is 29.8 Å². The van der Waals surface area contributed by atoms with Crippen LogP contribution in [0.1, 0.15) is 34.7 Å². The Morgan fingerprint density at radius 1 is 1.10 bits per heavy atom. The van der Waals surface area contributed by atoms with Crippen molar-refractivity contribution in [1.29, 1.82) is 0 Å². The van der Waals surface area contributed by atoms with Crippen LogP contribution >= 0.6 is 0 Å². The maximum absolute atomic E-state index is 13.9. The van der Waals surface area contributed by atoms with E-state index in [1.54, 1.807) is 11.1 Å². The van der Waals surface area contributed by atoms with Crippen molar-refractivity contribution in [3.8, 4) is 0 Å². The molecule has 2 aromatic carbocycles. The van der Waals surface area contributed by atoms with Crippen molar-refractivity contribution in [2.75, 3.05) is 39.8 Å². The Morgan fingerprint density at radius 3 is 2.60 bits per heavy atom. The van der Waals surface area contributed by atoms with Gasteiger partial charge in [-0.2, -0.15) is 5.10 Å². The van der Waals surface area contributed by atoms with Gasteiger partial charge >= 0.3 is 0 Å². The smallest absolute Gasteiger partial charge is 0.257 e. The molecule has 4 rings (SSSR count). The summed E-state index contributed by atoms with van der Waals surface area (Å²) >= 11 is 0. The molecule has 6 heteroatoms. The number of carbonyl (C=O) groups is 1. The Bertz CT molecular complexity index is 965. The molecule has 0 N–H and O–H groups in total. The first-order valence-corrected chi connectivity index (χ1v) is 10.5. The molecule has 0 bridgehead atoms. The standard InChI is InChI=1S/C24H29FN4O/c1-17-7-8-18(2)21(13-17)22-15-23(19-5-4-6-20(25)14-19)29(26-22)24(30)16-28-11-9-27(3)10-12-28/h4-8,13-14,23H,9-12,15-16H2,1-3H3/t23-/m1/s1. The van der Waals surface area contributed by atoms with Gasteiger partial charge in [0.05, 0.1) is 18.3 Å². The molecule has 30 heavy (non-hydrogen) atoms. The molecule has 0 radical (unpaired) electrons. The number of carbonyl (C=O) groups excluding carboxylic acids is 1. The average Bonchev–Trinajstić information content (AvgIpc) is 3.17. The minimum atomic E-state index is -0.292. The van der Waals surface area contributed by atoms with Crippen LogP contribution in [0.25, 0.3) is 0 Å². The van der Waals surface area contributed by atoms with Gasteiger partial charge in [0.15, 0.2) is 0 Å². The Labute approximate surface area is 177 Å². The zero-order valence-electron chi connectivity index (χ0n) is 17.9. The van der Waals surface area contributed by atoms with E-state index in [0.29, 0.717) is 13.0 Å². The second kappa shape index (κ2) is 8.66. The molecule has 1 amide bonds. The van der Waals surface area contributed by atoms with Crippen molar-refractivity contribution in [2.45, 2.75) is 26.3 Å². The van der Waals surface area contributed by atoms with Crippen molar-refractivity contribution < 1.29 is 9.18 Å². The molecule has 0 unspecified atom stereocenters. The minimum absolute atomic E-state index is 0.0332. The molecule has 2 aromatic rings. The number of rotatable bonds is 4. The number of halogens is 1. The Balaban J connectivity index is 1.62. The fraction of sp³-hybridized carbons (Fsp3) is 0.417. The van der Waals surface area contributed by atoms with Gasteiger partial charge in [0.1, 0.15) is 5.82 Å². The highest BCUT2D eigenvalue weighted by Gasteiger charge is 2.34. The summed E-state index contributed by atoms with van der Waals surface area (Å²) < 4.78 is 13.9. The molecule has 0 aliphatic carbocycles. The van der Waals surface area contributed by atoms with Crippen molar-refractivity contribution in [2.24, 2.45) is 5.10 Å². The van der Waals surface area contributed by atoms with Crippen molar-refractivity contribution >= 4 is 11.6 Å². The fourth-order valence-corrected chi connectivity index (χ4v) is 4.19. The molecule has 1 atom stereocenters. The Morgan fingerprint density at radius 2 is 1.87 bits per heavy atom. The number of aryl methyl sites for hydroxylation is 2. The van der Waals surface area contributed by atoms with Crippen LogP contribution in [-0.2, 0) is 4.79 Å². The van der Waals surface area contributed by atoms with Crippen LogP contribution in [0.15, 0.2) is 47.6 Å². The van der Waals surface area contributed by atoms with Crippen LogP contribution < -0.4 is 0 Å². The summed E-state index contributed by atoms with van der Waals surface area (Å²) in [6.07, 6.45) is 0.586. The lowest BCUT2D eigenvalue weighted by Gasteiger charge is -2.33. The number of benzene rings is 2. The number of likely N-dealkylation sites (N-methyl/N-ethyl adjacent to an activating group) is 1. The maximum Gasteiger partial charge on any atom is 0.257 e. The van der Waals surface area contributed by atoms with Gasteiger partial charge in [0, 0.05) is 38.2 Å². The quantitative estimate of drug-likeness (QED) is 0.779. The molecular formula is C24H29FN4O.